The van der Waals surface area contributed by atoms with Gasteiger partial charge in [0.1, 0.15) is 11.6 Å². The molecule has 19 heavy (non-hydrogen) atoms. The molecule has 1 unspecified atom stereocenters. The summed E-state index contributed by atoms with van der Waals surface area (Å²) >= 11 is 0. The molecule has 0 bridgehead atoms. The number of hydrogen-bond acceptors (Lipinski definition) is 4. The second kappa shape index (κ2) is 5.01. The van der Waals surface area contributed by atoms with E-state index < -0.39 is 0 Å². The largest absolute Gasteiger partial charge is 0.497 e. The van der Waals surface area contributed by atoms with E-state index in [0.717, 1.165) is 48.9 Å². The van der Waals surface area contributed by atoms with Crippen molar-refractivity contribution in [2.24, 2.45) is 11.7 Å². The Hall–Kier alpha value is -1.88. The number of methoxy groups -OCH3 is 1. The van der Waals surface area contributed by atoms with Gasteiger partial charge in [-0.3, -0.25) is 0 Å². The molecular formula is C14H18N4O. The third-order valence-electron chi connectivity index (χ3n) is 3.73. The maximum atomic E-state index is 5.79. The number of hydrogen-bond donors (Lipinski definition) is 1. The molecule has 1 aliphatic heterocycles. The Labute approximate surface area is 112 Å². The highest BCUT2D eigenvalue weighted by Gasteiger charge is 2.22. The molecule has 1 atom stereocenters. The molecule has 0 spiro atoms. The fraction of sp³-hybridized carbons (Fsp3) is 0.429. The maximum absolute atomic E-state index is 5.79. The van der Waals surface area contributed by atoms with E-state index in [1.54, 1.807) is 7.11 Å². The summed E-state index contributed by atoms with van der Waals surface area (Å²) < 4.78 is 7.37. The van der Waals surface area contributed by atoms with Gasteiger partial charge in [0.2, 0.25) is 0 Å². The minimum atomic E-state index is 0.528. The van der Waals surface area contributed by atoms with Crippen LogP contribution in [-0.4, -0.2) is 28.4 Å². The molecule has 1 aliphatic rings. The quantitative estimate of drug-likeness (QED) is 0.905. The Morgan fingerprint density at radius 1 is 1.32 bits per heavy atom. The first-order valence-corrected chi connectivity index (χ1v) is 6.58. The van der Waals surface area contributed by atoms with Crippen LogP contribution in [0.5, 0.6) is 5.75 Å². The second-order valence-corrected chi connectivity index (χ2v) is 4.92. The van der Waals surface area contributed by atoms with Crippen molar-refractivity contribution in [3.8, 4) is 17.1 Å². The van der Waals surface area contributed by atoms with Gasteiger partial charge in [-0.1, -0.05) is 0 Å². The summed E-state index contributed by atoms with van der Waals surface area (Å²) in [5.74, 6) is 3.37. The lowest BCUT2D eigenvalue weighted by atomic mass is 9.99. The van der Waals surface area contributed by atoms with Crippen molar-refractivity contribution in [2.75, 3.05) is 13.7 Å². The van der Waals surface area contributed by atoms with E-state index in [-0.39, 0.29) is 0 Å². The zero-order valence-corrected chi connectivity index (χ0v) is 11.0. The van der Waals surface area contributed by atoms with Gasteiger partial charge in [-0.25, -0.2) is 0 Å². The predicted molar refractivity (Wildman–Crippen MR) is 72.9 cm³/mol. The van der Waals surface area contributed by atoms with Crippen LogP contribution in [0.3, 0.4) is 0 Å². The molecule has 5 heteroatoms. The summed E-state index contributed by atoms with van der Waals surface area (Å²) in [7, 11) is 1.67. The van der Waals surface area contributed by atoms with E-state index in [1.165, 1.54) is 0 Å². The summed E-state index contributed by atoms with van der Waals surface area (Å²) in [4.78, 5) is 0. The first-order chi connectivity index (χ1) is 9.31. The molecule has 0 amide bonds. The smallest absolute Gasteiger partial charge is 0.163 e. The molecule has 1 aromatic carbocycles. The van der Waals surface area contributed by atoms with Crippen LogP contribution in [0.1, 0.15) is 12.2 Å². The van der Waals surface area contributed by atoms with Crippen LogP contribution in [-0.2, 0) is 13.0 Å². The van der Waals surface area contributed by atoms with E-state index >= 15 is 0 Å². The molecule has 2 heterocycles. The Morgan fingerprint density at radius 2 is 2.11 bits per heavy atom. The third kappa shape index (κ3) is 2.21. The van der Waals surface area contributed by atoms with Crippen molar-refractivity contribution in [3.63, 3.8) is 0 Å². The van der Waals surface area contributed by atoms with Crippen molar-refractivity contribution in [1.82, 2.24) is 14.8 Å². The van der Waals surface area contributed by atoms with Gasteiger partial charge >= 0.3 is 0 Å². The standard InChI is InChI=1S/C14H18N4O/c1-19-12-5-3-11(4-6-12)14-17-16-13-7-2-10(8-15)9-18(13)14/h3-6,10H,2,7-9,15H2,1H3. The van der Waals surface area contributed by atoms with Crippen LogP contribution in [0, 0.1) is 5.92 Å². The first-order valence-electron chi connectivity index (χ1n) is 6.58. The van der Waals surface area contributed by atoms with Crippen LogP contribution >= 0.6 is 0 Å². The highest BCUT2D eigenvalue weighted by atomic mass is 16.5. The summed E-state index contributed by atoms with van der Waals surface area (Å²) in [5, 5.41) is 8.61. The monoisotopic (exact) mass is 258 g/mol. The molecule has 2 aromatic rings. The number of ether oxygens (including phenoxy) is 1. The highest BCUT2D eigenvalue weighted by molar-refractivity contribution is 5.56. The zero-order chi connectivity index (χ0) is 13.2. The number of aryl methyl sites for hydroxylation is 1. The molecule has 100 valence electrons. The summed E-state index contributed by atoms with van der Waals surface area (Å²) in [6.45, 7) is 1.64. The van der Waals surface area contributed by atoms with E-state index in [2.05, 4.69) is 14.8 Å². The average molecular weight is 258 g/mol. The van der Waals surface area contributed by atoms with E-state index in [0.29, 0.717) is 5.92 Å². The Bertz CT molecular complexity index is 561. The second-order valence-electron chi connectivity index (χ2n) is 4.92. The highest BCUT2D eigenvalue weighted by Crippen LogP contribution is 2.26. The van der Waals surface area contributed by atoms with Crippen molar-refractivity contribution < 1.29 is 4.74 Å². The number of benzene rings is 1. The zero-order valence-electron chi connectivity index (χ0n) is 11.0. The molecule has 0 saturated carbocycles. The molecule has 0 radical (unpaired) electrons. The van der Waals surface area contributed by atoms with Crippen molar-refractivity contribution in [3.05, 3.63) is 30.1 Å². The fourth-order valence-electron chi connectivity index (χ4n) is 2.54. The SMILES string of the molecule is COc1ccc(-c2nnc3n2CC(CN)CC3)cc1. The lowest BCUT2D eigenvalue weighted by molar-refractivity contribution is 0.375. The van der Waals surface area contributed by atoms with Crippen LogP contribution in [0.15, 0.2) is 24.3 Å². The number of aromatic nitrogens is 3. The summed E-state index contributed by atoms with van der Waals surface area (Å²) in [5.41, 5.74) is 6.85. The summed E-state index contributed by atoms with van der Waals surface area (Å²) in [6.07, 6.45) is 2.07. The van der Waals surface area contributed by atoms with Crippen molar-refractivity contribution >= 4 is 0 Å². The van der Waals surface area contributed by atoms with Crippen LogP contribution < -0.4 is 10.5 Å². The molecule has 2 N–H and O–H groups in total. The number of nitrogens with two attached hydrogens (primary N) is 1. The van der Waals surface area contributed by atoms with E-state index in [9.17, 15) is 0 Å². The number of rotatable bonds is 3. The fourth-order valence-corrected chi connectivity index (χ4v) is 2.54. The van der Waals surface area contributed by atoms with Crippen LogP contribution in [0.2, 0.25) is 0 Å². The molecule has 0 fully saturated rings. The van der Waals surface area contributed by atoms with Gasteiger partial charge in [-0.2, -0.15) is 0 Å². The van der Waals surface area contributed by atoms with Crippen LogP contribution in [0.4, 0.5) is 0 Å². The van der Waals surface area contributed by atoms with Gasteiger partial charge in [0.05, 0.1) is 7.11 Å². The normalized spacial score (nSPS) is 18.1. The summed E-state index contributed by atoms with van der Waals surface area (Å²) in [6, 6.07) is 7.92. The Balaban J connectivity index is 1.95. The van der Waals surface area contributed by atoms with Crippen molar-refractivity contribution in [2.45, 2.75) is 19.4 Å². The Morgan fingerprint density at radius 3 is 2.79 bits per heavy atom. The molecular weight excluding hydrogens is 240 g/mol. The molecule has 5 nitrogen and oxygen atoms in total. The lowest BCUT2D eigenvalue weighted by Gasteiger charge is -2.22. The minimum absolute atomic E-state index is 0.528. The topological polar surface area (TPSA) is 66.0 Å². The van der Waals surface area contributed by atoms with Gasteiger partial charge in [0.15, 0.2) is 5.82 Å². The van der Waals surface area contributed by atoms with Gasteiger partial charge in [-0.05, 0) is 43.1 Å². The van der Waals surface area contributed by atoms with Crippen molar-refractivity contribution in [1.29, 1.82) is 0 Å². The maximum Gasteiger partial charge on any atom is 0.163 e. The predicted octanol–water partition coefficient (Wildman–Crippen LogP) is 1.47. The number of fused-ring (bicyclic) bond motifs is 1. The molecule has 0 saturated heterocycles. The Kier molecular flexibility index (Phi) is 3.21. The average Bonchev–Trinajstić information content (AvgIpc) is 2.90. The first kappa shape index (κ1) is 12.2. The lowest BCUT2D eigenvalue weighted by Crippen LogP contribution is -2.26. The van der Waals surface area contributed by atoms with E-state index in [1.807, 2.05) is 24.3 Å². The molecule has 1 aromatic heterocycles. The minimum Gasteiger partial charge on any atom is -0.497 e. The third-order valence-corrected chi connectivity index (χ3v) is 3.73. The van der Waals surface area contributed by atoms with Gasteiger partial charge < -0.3 is 15.0 Å². The van der Waals surface area contributed by atoms with E-state index in [4.69, 9.17) is 10.5 Å². The molecule has 0 aliphatic carbocycles. The van der Waals surface area contributed by atoms with Crippen LogP contribution in [0.25, 0.3) is 11.4 Å². The molecule has 3 rings (SSSR count). The van der Waals surface area contributed by atoms with Gasteiger partial charge in [-0.15, -0.1) is 10.2 Å². The van der Waals surface area contributed by atoms with Gasteiger partial charge in [0, 0.05) is 18.5 Å². The number of nitrogens with zero attached hydrogens (tertiary/aromatic N) is 3. The van der Waals surface area contributed by atoms with Gasteiger partial charge in [0.25, 0.3) is 0 Å².